The Morgan fingerprint density at radius 1 is 1.12 bits per heavy atom. The number of halogens is 1. The summed E-state index contributed by atoms with van der Waals surface area (Å²) in [6, 6.07) is 9.23. The normalized spacial score (nSPS) is 15.4. The molecule has 1 aromatic heterocycles. The summed E-state index contributed by atoms with van der Waals surface area (Å²) in [5, 5.41) is 7.77. The summed E-state index contributed by atoms with van der Waals surface area (Å²) in [5.41, 5.74) is 3.82. The quantitative estimate of drug-likeness (QED) is 0.307. The van der Waals surface area contributed by atoms with Crippen LogP contribution in [0.25, 0.3) is 0 Å². The second-order valence-corrected chi connectivity index (χ2v) is 8.69. The van der Waals surface area contributed by atoms with Crippen LogP contribution in [0.2, 0.25) is 0 Å². The van der Waals surface area contributed by atoms with Crippen molar-refractivity contribution in [2.24, 2.45) is 12.0 Å². The second kappa shape index (κ2) is 13.0. The van der Waals surface area contributed by atoms with Gasteiger partial charge in [-0.2, -0.15) is 5.10 Å². The topological polar surface area (TPSA) is 51.9 Å². The first-order valence-electron chi connectivity index (χ1n) is 11.5. The first kappa shape index (κ1) is 26.4. The molecule has 8 heteroatoms. The molecule has 1 saturated heterocycles. The van der Waals surface area contributed by atoms with E-state index in [1.165, 1.54) is 49.2 Å². The molecule has 1 fully saturated rings. The number of guanidine groups is 1. The van der Waals surface area contributed by atoms with Crippen molar-refractivity contribution in [1.82, 2.24) is 24.9 Å². The van der Waals surface area contributed by atoms with Gasteiger partial charge in [-0.1, -0.05) is 12.1 Å². The molecule has 0 bridgehead atoms. The fourth-order valence-corrected chi connectivity index (χ4v) is 4.13. The number of rotatable bonds is 8. The molecule has 1 atom stereocenters. The monoisotopic (exact) mass is 553 g/mol. The van der Waals surface area contributed by atoms with E-state index in [1.54, 1.807) is 0 Å². The van der Waals surface area contributed by atoms with Crippen molar-refractivity contribution in [3.63, 3.8) is 0 Å². The third-order valence-corrected chi connectivity index (χ3v) is 5.92. The number of aliphatic imine (C=N–C) groups is 1. The van der Waals surface area contributed by atoms with Crippen LogP contribution in [0, 0.1) is 0 Å². The molecule has 1 aromatic carbocycles. The van der Waals surface area contributed by atoms with E-state index in [0.29, 0.717) is 6.54 Å². The van der Waals surface area contributed by atoms with Crippen molar-refractivity contribution in [1.29, 1.82) is 0 Å². The van der Waals surface area contributed by atoms with E-state index in [-0.39, 0.29) is 30.0 Å². The van der Waals surface area contributed by atoms with Crippen molar-refractivity contribution < 1.29 is 0 Å². The lowest BCUT2D eigenvalue weighted by Crippen LogP contribution is -2.39. The van der Waals surface area contributed by atoms with Crippen LogP contribution in [0.3, 0.4) is 0 Å². The SMILES string of the molecule is CCNC(=NCC(c1cnn(C)c1)N(C)C)N(C)Cc1ccc(N2CCCCC2)cc1.I. The summed E-state index contributed by atoms with van der Waals surface area (Å²) >= 11 is 0. The van der Waals surface area contributed by atoms with Gasteiger partial charge < -0.3 is 20.0 Å². The third-order valence-electron chi connectivity index (χ3n) is 5.92. The zero-order chi connectivity index (χ0) is 22.2. The number of aromatic nitrogens is 2. The maximum atomic E-state index is 4.95. The highest BCUT2D eigenvalue weighted by Gasteiger charge is 2.17. The Bertz CT molecular complexity index is 825. The van der Waals surface area contributed by atoms with Crippen molar-refractivity contribution >= 4 is 35.6 Å². The van der Waals surface area contributed by atoms with Crippen molar-refractivity contribution in [2.75, 3.05) is 52.2 Å². The van der Waals surface area contributed by atoms with E-state index in [9.17, 15) is 0 Å². The second-order valence-electron chi connectivity index (χ2n) is 8.69. The number of anilines is 1. The highest BCUT2D eigenvalue weighted by atomic mass is 127. The summed E-state index contributed by atoms with van der Waals surface area (Å²) in [6.45, 7) is 6.82. The molecule has 7 nitrogen and oxygen atoms in total. The van der Waals surface area contributed by atoms with Gasteiger partial charge in [0.2, 0.25) is 0 Å². The van der Waals surface area contributed by atoms with E-state index < -0.39 is 0 Å². The van der Waals surface area contributed by atoms with Crippen LogP contribution < -0.4 is 10.2 Å². The lowest BCUT2D eigenvalue weighted by Gasteiger charge is -2.29. The molecule has 1 aliphatic heterocycles. The summed E-state index contributed by atoms with van der Waals surface area (Å²) in [5.74, 6) is 0.929. The van der Waals surface area contributed by atoms with Crippen LogP contribution in [0.15, 0.2) is 41.7 Å². The molecule has 0 amide bonds. The van der Waals surface area contributed by atoms with Gasteiger partial charge in [0, 0.05) is 57.7 Å². The van der Waals surface area contributed by atoms with Crippen LogP contribution in [0.5, 0.6) is 0 Å². The molecule has 1 N–H and O–H groups in total. The van der Waals surface area contributed by atoms with Crippen LogP contribution in [-0.4, -0.2) is 72.9 Å². The Morgan fingerprint density at radius 3 is 2.38 bits per heavy atom. The van der Waals surface area contributed by atoms with Crippen LogP contribution >= 0.6 is 24.0 Å². The van der Waals surface area contributed by atoms with Gasteiger partial charge in [-0.3, -0.25) is 9.67 Å². The zero-order valence-electron chi connectivity index (χ0n) is 20.3. The van der Waals surface area contributed by atoms with Crippen LogP contribution in [-0.2, 0) is 13.6 Å². The van der Waals surface area contributed by atoms with Gasteiger partial charge in [0.1, 0.15) is 0 Å². The van der Waals surface area contributed by atoms with Gasteiger partial charge >= 0.3 is 0 Å². The molecular formula is C24H40IN7. The average molecular weight is 554 g/mol. The standard InChI is InChI=1S/C24H39N7.HI/c1-6-25-24(26-17-23(28(2)3)21-16-27-30(5)19-21)29(4)18-20-10-12-22(13-11-20)31-14-8-7-9-15-31;/h10-13,16,19,23H,6-9,14-15,17-18H2,1-5H3,(H,25,26);1H. The minimum atomic E-state index is 0. The molecule has 3 rings (SSSR count). The number of aryl methyl sites for hydroxylation is 1. The van der Waals surface area contributed by atoms with E-state index >= 15 is 0 Å². The predicted octanol–water partition coefficient (Wildman–Crippen LogP) is 3.73. The Labute approximate surface area is 210 Å². The lowest BCUT2D eigenvalue weighted by atomic mass is 10.1. The van der Waals surface area contributed by atoms with Gasteiger partial charge in [-0.15, -0.1) is 24.0 Å². The Kier molecular flexibility index (Phi) is 10.8. The molecule has 1 aliphatic rings. The fourth-order valence-electron chi connectivity index (χ4n) is 4.13. The molecule has 0 saturated carbocycles. The van der Waals surface area contributed by atoms with E-state index in [4.69, 9.17) is 4.99 Å². The molecule has 0 radical (unpaired) electrons. The van der Waals surface area contributed by atoms with Gasteiger partial charge in [0.25, 0.3) is 0 Å². The number of hydrogen-bond donors (Lipinski definition) is 1. The molecule has 32 heavy (non-hydrogen) atoms. The Hall–Kier alpha value is -1.81. The van der Waals surface area contributed by atoms with E-state index in [2.05, 4.69) is 83.6 Å². The van der Waals surface area contributed by atoms with Gasteiger partial charge in [0.15, 0.2) is 5.96 Å². The first-order valence-corrected chi connectivity index (χ1v) is 11.5. The van der Waals surface area contributed by atoms with Gasteiger partial charge in [0.05, 0.1) is 18.8 Å². The number of hydrogen-bond acceptors (Lipinski definition) is 4. The largest absolute Gasteiger partial charge is 0.372 e. The smallest absolute Gasteiger partial charge is 0.194 e. The lowest BCUT2D eigenvalue weighted by molar-refractivity contribution is 0.305. The maximum absolute atomic E-state index is 4.95. The average Bonchev–Trinajstić information content (AvgIpc) is 3.20. The molecule has 0 aliphatic carbocycles. The van der Waals surface area contributed by atoms with Crippen LogP contribution in [0.1, 0.15) is 43.4 Å². The zero-order valence-corrected chi connectivity index (χ0v) is 22.6. The minimum Gasteiger partial charge on any atom is -0.372 e. The molecule has 1 unspecified atom stereocenters. The van der Waals surface area contributed by atoms with Crippen molar-refractivity contribution in [3.05, 3.63) is 47.8 Å². The highest BCUT2D eigenvalue weighted by molar-refractivity contribution is 14.0. The molecule has 2 aromatic rings. The maximum Gasteiger partial charge on any atom is 0.194 e. The van der Waals surface area contributed by atoms with Crippen LogP contribution in [0.4, 0.5) is 5.69 Å². The highest BCUT2D eigenvalue weighted by Crippen LogP contribution is 2.21. The number of benzene rings is 1. The molecule has 2 heterocycles. The van der Waals surface area contributed by atoms with Crippen molar-refractivity contribution in [3.8, 4) is 0 Å². The minimum absolute atomic E-state index is 0. The Balaban J connectivity index is 0.00000363. The fraction of sp³-hybridized carbons (Fsp3) is 0.583. The van der Waals surface area contributed by atoms with Crippen molar-refractivity contribution in [2.45, 2.75) is 38.8 Å². The summed E-state index contributed by atoms with van der Waals surface area (Å²) in [4.78, 5) is 11.9. The molecule has 178 valence electrons. The van der Waals surface area contributed by atoms with E-state index in [1.807, 2.05) is 17.9 Å². The molecular weight excluding hydrogens is 513 g/mol. The number of piperidine rings is 1. The Morgan fingerprint density at radius 2 is 1.81 bits per heavy atom. The molecule has 0 spiro atoms. The van der Waals surface area contributed by atoms with Gasteiger partial charge in [-0.25, -0.2) is 0 Å². The number of likely N-dealkylation sites (N-methyl/N-ethyl adjacent to an activating group) is 1. The summed E-state index contributed by atoms with van der Waals surface area (Å²) in [7, 11) is 8.24. The first-order chi connectivity index (χ1) is 15.0. The summed E-state index contributed by atoms with van der Waals surface area (Å²) < 4.78 is 1.85. The van der Waals surface area contributed by atoms with Gasteiger partial charge in [-0.05, 0) is 58.0 Å². The number of nitrogens with zero attached hydrogens (tertiary/aromatic N) is 6. The van der Waals surface area contributed by atoms with E-state index in [0.717, 1.165) is 19.0 Å². The third kappa shape index (κ3) is 7.37. The predicted molar refractivity (Wildman–Crippen MR) is 145 cm³/mol. The summed E-state index contributed by atoms with van der Waals surface area (Å²) in [6.07, 6.45) is 7.97. The number of nitrogens with one attached hydrogen (secondary N) is 1.